The lowest BCUT2D eigenvalue weighted by atomic mass is 9.97. The van der Waals surface area contributed by atoms with Gasteiger partial charge in [0.1, 0.15) is 5.75 Å². The summed E-state index contributed by atoms with van der Waals surface area (Å²) in [5.41, 5.74) is 5.41. The Hall–Kier alpha value is -1.28. The number of halogens is 1. The highest BCUT2D eigenvalue weighted by Crippen LogP contribution is 2.36. The van der Waals surface area contributed by atoms with E-state index in [9.17, 15) is 0 Å². The second-order valence-electron chi connectivity index (χ2n) is 4.88. The molecule has 1 nitrogen and oxygen atoms in total. The van der Waals surface area contributed by atoms with Crippen LogP contribution >= 0.6 is 15.9 Å². The number of alkyl halides is 1. The van der Waals surface area contributed by atoms with Crippen molar-refractivity contribution in [2.75, 3.05) is 6.61 Å². The molecule has 1 aliphatic rings. The first-order chi connectivity index (χ1) is 9.29. The summed E-state index contributed by atoms with van der Waals surface area (Å²) in [6.45, 7) is 3.02. The first-order valence-electron chi connectivity index (χ1n) is 6.77. The highest BCUT2D eigenvalue weighted by atomic mass is 79.9. The molecule has 2 aromatic rings. The Morgan fingerprint density at radius 2 is 2.05 bits per heavy atom. The van der Waals surface area contributed by atoms with E-state index in [4.69, 9.17) is 4.74 Å². The van der Waals surface area contributed by atoms with Crippen molar-refractivity contribution in [3.63, 3.8) is 0 Å². The molecule has 1 heterocycles. The minimum Gasteiger partial charge on any atom is -0.493 e. The van der Waals surface area contributed by atoms with Gasteiger partial charge in [-0.15, -0.1) is 0 Å². The van der Waals surface area contributed by atoms with Crippen molar-refractivity contribution in [1.29, 1.82) is 0 Å². The van der Waals surface area contributed by atoms with E-state index in [1.165, 1.54) is 22.3 Å². The number of fused-ring (bicyclic) bond motifs is 1. The van der Waals surface area contributed by atoms with Gasteiger partial charge in [-0.05, 0) is 34.7 Å². The van der Waals surface area contributed by atoms with Gasteiger partial charge in [0.2, 0.25) is 0 Å². The third kappa shape index (κ3) is 2.42. The Labute approximate surface area is 122 Å². The zero-order valence-electron chi connectivity index (χ0n) is 11.0. The van der Waals surface area contributed by atoms with E-state index in [2.05, 4.69) is 65.3 Å². The quantitative estimate of drug-likeness (QED) is 0.748. The predicted molar refractivity (Wildman–Crippen MR) is 82.2 cm³/mol. The van der Waals surface area contributed by atoms with Crippen molar-refractivity contribution in [1.82, 2.24) is 0 Å². The van der Waals surface area contributed by atoms with Crippen LogP contribution < -0.4 is 4.74 Å². The predicted octanol–water partition coefficient (Wildman–Crippen LogP) is 4.67. The SMILES string of the molecule is CCc1ccccc1C(Br)c1ccc2c(c1)CCO2. The molecule has 0 aliphatic carbocycles. The van der Waals surface area contributed by atoms with Crippen molar-refractivity contribution in [3.05, 3.63) is 64.7 Å². The second kappa shape index (κ2) is 5.38. The maximum absolute atomic E-state index is 5.57. The van der Waals surface area contributed by atoms with E-state index in [0.29, 0.717) is 0 Å². The molecule has 0 saturated carbocycles. The van der Waals surface area contributed by atoms with E-state index < -0.39 is 0 Å². The molecular formula is C17H17BrO. The first kappa shape index (κ1) is 12.7. The lowest BCUT2D eigenvalue weighted by molar-refractivity contribution is 0.357. The van der Waals surface area contributed by atoms with Crippen LogP contribution in [-0.2, 0) is 12.8 Å². The fraction of sp³-hybridized carbons (Fsp3) is 0.294. The summed E-state index contributed by atoms with van der Waals surface area (Å²) in [4.78, 5) is 0.259. The normalized spacial score (nSPS) is 14.8. The lowest BCUT2D eigenvalue weighted by Gasteiger charge is -2.15. The van der Waals surface area contributed by atoms with Gasteiger partial charge >= 0.3 is 0 Å². The van der Waals surface area contributed by atoms with E-state index in [1.54, 1.807) is 0 Å². The van der Waals surface area contributed by atoms with Crippen LogP contribution in [-0.4, -0.2) is 6.61 Å². The fourth-order valence-corrected chi connectivity index (χ4v) is 3.38. The van der Waals surface area contributed by atoms with Crippen LogP contribution in [0.5, 0.6) is 5.75 Å². The molecule has 1 unspecified atom stereocenters. The molecule has 0 spiro atoms. The standard InChI is InChI=1S/C17H17BrO/c1-2-12-5-3-4-6-15(12)17(18)14-7-8-16-13(11-14)9-10-19-16/h3-8,11,17H,2,9-10H2,1H3. The summed E-state index contributed by atoms with van der Waals surface area (Å²) in [6, 6.07) is 15.2. The number of rotatable bonds is 3. The van der Waals surface area contributed by atoms with Gasteiger partial charge in [0.25, 0.3) is 0 Å². The molecule has 3 rings (SSSR count). The van der Waals surface area contributed by atoms with Crippen LogP contribution in [0.2, 0.25) is 0 Å². The third-order valence-corrected chi connectivity index (χ3v) is 4.74. The first-order valence-corrected chi connectivity index (χ1v) is 7.68. The zero-order valence-corrected chi connectivity index (χ0v) is 12.6. The van der Waals surface area contributed by atoms with E-state index in [1.807, 2.05) is 0 Å². The summed E-state index contributed by atoms with van der Waals surface area (Å²) in [6.07, 6.45) is 2.09. The fourth-order valence-electron chi connectivity index (χ4n) is 2.65. The van der Waals surface area contributed by atoms with Crippen molar-refractivity contribution < 1.29 is 4.74 Å². The van der Waals surface area contributed by atoms with Crippen LogP contribution in [0.4, 0.5) is 0 Å². The van der Waals surface area contributed by atoms with Gasteiger partial charge in [0, 0.05) is 6.42 Å². The van der Waals surface area contributed by atoms with Crippen LogP contribution in [0.1, 0.15) is 34.0 Å². The lowest BCUT2D eigenvalue weighted by Crippen LogP contribution is -1.98. The average Bonchev–Trinajstić information content (AvgIpc) is 2.93. The largest absolute Gasteiger partial charge is 0.493 e. The zero-order chi connectivity index (χ0) is 13.2. The smallest absolute Gasteiger partial charge is 0.122 e. The third-order valence-electron chi connectivity index (χ3n) is 3.72. The van der Waals surface area contributed by atoms with Crippen molar-refractivity contribution in [2.24, 2.45) is 0 Å². The number of aryl methyl sites for hydroxylation is 1. The summed E-state index contributed by atoms with van der Waals surface area (Å²) in [5, 5.41) is 0. The molecule has 0 N–H and O–H groups in total. The van der Waals surface area contributed by atoms with Crippen molar-refractivity contribution >= 4 is 15.9 Å². The van der Waals surface area contributed by atoms with Gasteiger partial charge < -0.3 is 4.74 Å². The molecule has 0 amide bonds. The van der Waals surface area contributed by atoms with Crippen LogP contribution in [0.15, 0.2) is 42.5 Å². The topological polar surface area (TPSA) is 9.23 Å². The summed E-state index contributed by atoms with van der Waals surface area (Å²) in [7, 11) is 0. The molecule has 0 saturated heterocycles. The molecule has 2 heteroatoms. The van der Waals surface area contributed by atoms with Crippen LogP contribution in [0.3, 0.4) is 0 Å². The van der Waals surface area contributed by atoms with E-state index in [0.717, 1.165) is 25.2 Å². The Kier molecular flexibility index (Phi) is 3.61. The van der Waals surface area contributed by atoms with Gasteiger partial charge in [-0.3, -0.25) is 0 Å². The summed E-state index contributed by atoms with van der Waals surface area (Å²) in [5.74, 6) is 1.05. The molecule has 0 fully saturated rings. The second-order valence-corrected chi connectivity index (χ2v) is 5.80. The van der Waals surface area contributed by atoms with E-state index in [-0.39, 0.29) is 4.83 Å². The molecule has 0 aromatic heterocycles. The maximum Gasteiger partial charge on any atom is 0.122 e. The Morgan fingerprint density at radius 1 is 1.21 bits per heavy atom. The molecule has 19 heavy (non-hydrogen) atoms. The Balaban J connectivity index is 1.97. The van der Waals surface area contributed by atoms with Crippen LogP contribution in [0, 0.1) is 0 Å². The van der Waals surface area contributed by atoms with Crippen LogP contribution in [0.25, 0.3) is 0 Å². The van der Waals surface area contributed by atoms with Gasteiger partial charge in [-0.2, -0.15) is 0 Å². The van der Waals surface area contributed by atoms with Gasteiger partial charge in [0.15, 0.2) is 0 Å². The molecule has 98 valence electrons. The highest BCUT2D eigenvalue weighted by molar-refractivity contribution is 9.09. The average molecular weight is 317 g/mol. The highest BCUT2D eigenvalue weighted by Gasteiger charge is 2.17. The summed E-state index contributed by atoms with van der Waals surface area (Å²) < 4.78 is 5.57. The van der Waals surface area contributed by atoms with Crippen molar-refractivity contribution in [2.45, 2.75) is 24.6 Å². The summed E-state index contributed by atoms with van der Waals surface area (Å²) >= 11 is 3.85. The number of hydrogen-bond donors (Lipinski definition) is 0. The monoisotopic (exact) mass is 316 g/mol. The number of hydrogen-bond acceptors (Lipinski definition) is 1. The Morgan fingerprint density at radius 3 is 2.89 bits per heavy atom. The maximum atomic E-state index is 5.57. The number of ether oxygens (including phenoxy) is 1. The molecule has 1 atom stereocenters. The van der Waals surface area contributed by atoms with Crippen molar-refractivity contribution in [3.8, 4) is 5.75 Å². The molecule has 0 bridgehead atoms. The van der Waals surface area contributed by atoms with E-state index >= 15 is 0 Å². The van der Waals surface area contributed by atoms with Gasteiger partial charge in [0.05, 0.1) is 11.4 Å². The molecule has 2 aromatic carbocycles. The molecule has 1 aliphatic heterocycles. The van der Waals surface area contributed by atoms with Gasteiger partial charge in [-0.25, -0.2) is 0 Å². The minimum absolute atomic E-state index is 0.259. The Bertz CT molecular complexity index is 592. The minimum atomic E-state index is 0.259. The molecular weight excluding hydrogens is 300 g/mol. The number of benzene rings is 2. The van der Waals surface area contributed by atoms with Gasteiger partial charge in [-0.1, -0.05) is 59.3 Å². The molecule has 0 radical (unpaired) electrons.